The highest BCUT2D eigenvalue weighted by Crippen LogP contribution is 2.25. The summed E-state index contributed by atoms with van der Waals surface area (Å²) in [6, 6.07) is 10.6. The number of halogens is 3. The third-order valence-corrected chi connectivity index (χ3v) is 3.28. The van der Waals surface area contributed by atoms with Crippen LogP contribution in [0.15, 0.2) is 47.1 Å². The van der Waals surface area contributed by atoms with E-state index in [9.17, 15) is 8.78 Å². The zero-order chi connectivity index (χ0) is 13.4. The van der Waals surface area contributed by atoms with Crippen LogP contribution in [0.5, 0.6) is 0 Å². The van der Waals surface area contributed by atoms with Gasteiger partial charge in [0.1, 0.15) is 16.2 Å². The highest BCUT2D eigenvalue weighted by Gasteiger charge is 2.09. The Morgan fingerprint density at radius 3 is 2.32 bits per heavy atom. The van der Waals surface area contributed by atoms with E-state index in [1.165, 1.54) is 12.1 Å². The molecule has 2 nitrogen and oxygen atoms in total. The predicted molar refractivity (Wildman–Crippen MR) is 72.6 cm³/mol. The largest absolute Gasteiger partial charge is 0.228 e. The van der Waals surface area contributed by atoms with E-state index in [-0.39, 0.29) is 5.82 Å². The Kier molecular flexibility index (Phi) is 2.98. The maximum atomic E-state index is 13.2. The Morgan fingerprint density at radius 1 is 0.895 bits per heavy atom. The number of aromatic nitrogens is 2. The lowest BCUT2D eigenvalue weighted by Crippen LogP contribution is -1.93. The molecule has 0 fully saturated rings. The summed E-state index contributed by atoms with van der Waals surface area (Å²) in [5.74, 6) is -1.02. The van der Waals surface area contributed by atoms with Gasteiger partial charge in [0.05, 0.1) is 5.52 Å². The normalized spacial score (nSPS) is 10.9. The molecule has 19 heavy (non-hydrogen) atoms. The Balaban J connectivity index is 2.25. The summed E-state index contributed by atoms with van der Waals surface area (Å²) in [6.45, 7) is 0. The van der Waals surface area contributed by atoms with Crippen LogP contribution < -0.4 is 0 Å². The topological polar surface area (TPSA) is 25.8 Å². The molecule has 0 amide bonds. The van der Waals surface area contributed by atoms with Gasteiger partial charge >= 0.3 is 0 Å². The molecule has 5 heteroatoms. The van der Waals surface area contributed by atoms with E-state index in [1.807, 2.05) is 24.3 Å². The average Bonchev–Trinajstić information content (AvgIpc) is 2.37. The van der Waals surface area contributed by atoms with Gasteiger partial charge in [-0.2, -0.15) is 0 Å². The maximum absolute atomic E-state index is 13.2. The molecule has 0 saturated carbocycles. The molecular formula is C14H7BrF2N2. The van der Waals surface area contributed by atoms with Crippen LogP contribution in [0.4, 0.5) is 8.78 Å². The lowest BCUT2D eigenvalue weighted by Gasteiger charge is -2.05. The molecule has 0 aliphatic heterocycles. The molecule has 0 atom stereocenters. The van der Waals surface area contributed by atoms with Gasteiger partial charge in [-0.25, -0.2) is 18.7 Å². The number of fused-ring (bicyclic) bond motifs is 1. The van der Waals surface area contributed by atoms with E-state index >= 15 is 0 Å². The number of para-hydroxylation sites is 1. The highest BCUT2D eigenvalue weighted by atomic mass is 79.9. The molecule has 3 aromatic rings. The van der Waals surface area contributed by atoms with Crippen molar-refractivity contribution in [2.75, 3.05) is 0 Å². The first-order chi connectivity index (χ1) is 9.13. The second-order valence-electron chi connectivity index (χ2n) is 4.01. The molecule has 3 rings (SSSR count). The molecule has 0 aliphatic carbocycles. The summed E-state index contributed by atoms with van der Waals surface area (Å²) >= 11 is 3.34. The van der Waals surface area contributed by atoms with Crippen molar-refractivity contribution in [1.82, 2.24) is 9.97 Å². The molecular weight excluding hydrogens is 314 g/mol. The summed E-state index contributed by atoms with van der Waals surface area (Å²) in [7, 11) is 0. The van der Waals surface area contributed by atoms with Crippen LogP contribution in [0.3, 0.4) is 0 Å². The van der Waals surface area contributed by atoms with E-state index in [0.717, 1.165) is 11.5 Å². The standard InChI is InChI=1S/C14H7BrF2N2/c15-13-11-3-1-2-4-12(11)18-14(19-13)8-5-9(16)7-10(17)6-8/h1-7H. The van der Waals surface area contributed by atoms with E-state index in [1.54, 1.807) is 0 Å². The molecule has 0 spiro atoms. The summed E-state index contributed by atoms with van der Waals surface area (Å²) in [5, 5.41) is 0.850. The minimum atomic E-state index is -0.650. The fourth-order valence-electron chi connectivity index (χ4n) is 1.85. The van der Waals surface area contributed by atoms with Gasteiger partial charge in [-0.15, -0.1) is 0 Å². The average molecular weight is 321 g/mol. The van der Waals surface area contributed by atoms with Crippen LogP contribution in [-0.2, 0) is 0 Å². The van der Waals surface area contributed by atoms with E-state index in [4.69, 9.17) is 0 Å². The quantitative estimate of drug-likeness (QED) is 0.623. The van der Waals surface area contributed by atoms with Gasteiger partial charge < -0.3 is 0 Å². The van der Waals surface area contributed by atoms with Crippen molar-refractivity contribution in [3.05, 3.63) is 58.7 Å². The third-order valence-electron chi connectivity index (χ3n) is 2.68. The van der Waals surface area contributed by atoms with Crippen LogP contribution in [0.2, 0.25) is 0 Å². The van der Waals surface area contributed by atoms with Crippen LogP contribution in [-0.4, -0.2) is 9.97 Å². The molecule has 0 N–H and O–H groups in total. The Bertz CT molecular complexity index is 754. The minimum Gasteiger partial charge on any atom is -0.228 e. The minimum absolute atomic E-state index is 0.281. The van der Waals surface area contributed by atoms with Crippen molar-refractivity contribution in [2.24, 2.45) is 0 Å². The first-order valence-corrected chi connectivity index (χ1v) is 6.31. The smallest absolute Gasteiger partial charge is 0.161 e. The van der Waals surface area contributed by atoms with E-state index < -0.39 is 11.6 Å². The molecule has 0 aliphatic rings. The van der Waals surface area contributed by atoms with Gasteiger partial charge in [0.2, 0.25) is 0 Å². The van der Waals surface area contributed by atoms with Gasteiger partial charge in [0, 0.05) is 17.0 Å². The maximum Gasteiger partial charge on any atom is 0.161 e. The summed E-state index contributed by atoms with van der Waals surface area (Å²) in [4.78, 5) is 8.54. The Labute approximate surface area is 116 Å². The SMILES string of the molecule is Fc1cc(F)cc(-c2nc(Br)c3ccccc3n2)c1. The van der Waals surface area contributed by atoms with E-state index in [2.05, 4.69) is 25.9 Å². The molecule has 0 saturated heterocycles. The molecule has 1 heterocycles. The number of hydrogen-bond donors (Lipinski definition) is 0. The monoisotopic (exact) mass is 320 g/mol. The van der Waals surface area contributed by atoms with Gasteiger partial charge in [0.15, 0.2) is 5.82 Å². The summed E-state index contributed by atoms with van der Waals surface area (Å²) in [5.41, 5.74) is 1.02. The van der Waals surface area contributed by atoms with Gasteiger partial charge in [0.25, 0.3) is 0 Å². The van der Waals surface area contributed by atoms with Gasteiger partial charge in [-0.1, -0.05) is 18.2 Å². The van der Waals surface area contributed by atoms with Crippen molar-refractivity contribution in [1.29, 1.82) is 0 Å². The predicted octanol–water partition coefficient (Wildman–Crippen LogP) is 4.34. The summed E-state index contributed by atoms with van der Waals surface area (Å²) < 4.78 is 27.0. The number of rotatable bonds is 1. The first-order valence-electron chi connectivity index (χ1n) is 5.52. The molecule has 0 radical (unpaired) electrons. The molecule has 0 bridgehead atoms. The molecule has 94 valence electrons. The van der Waals surface area contributed by atoms with Crippen molar-refractivity contribution in [3.8, 4) is 11.4 Å². The lowest BCUT2D eigenvalue weighted by molar-refractivity contribution is 0.584. The van der Waals surface area contributed by atoms with Crippen molar-refractivity contribution in [3.63, 3.8) is 0 Å². The van der Waals surface area contributed by atoms with Crippen LogP contribution in [0.1, 0.15) is 0 Å². The number of hydrogen-bond acceptors (Lipinski definition) is 2. The third kappa shape index (κ3) is 2.33. The van der Waals surface area contributed by atoms with Crippen LogP contribution in [0.25, 0.3) is 22.3 Å². The van der Waals surface area contributed by atoms with Crippen molar-refractivity contribution in [2.45, 2.75) is 0 Å². The molecule has 2 aromatic carbocycles. The van der Waals surface area contributed by atoms with Crippen molar-refractivity contribution >= 4 is 26.8 Å². The zero-order valence-electron chi connectivity index (χ0n) is 9.57. The lowest BCUT2D eigenvalue weighted by atomic mass is 10.2. The molecule has 1 aromatic heterocycles. The number of nitrogens with zero attached hydrogens (tertiary/aromatic N) is 2. The fourth-order valence-corrected chi connectivity index (χ4v) is 2.35. The van der Waals surface area contributed by atoms with Gasteiger partial charge in [-0.05, 0) is 34.1 Å². The fraction of sp³-hybridized carbons (Fsp3) is 0. The van der Waals surface area contributed by atoms with Crippen molar-refractivity contribution < 1.29 is 8.78 Å². The highest BCUT2D eigenvalue weighted by molar-refractivity contribution is 9.10. The van der Waals surface area contributed by atoms with E-state index in [0.29, 0.717) is 15.7 Å². The number of benzene rings is 2. The first kappa shape index (κ1) is 12.2. The molecule has 0 unspecified atom stereocenters. The van der Waals surface area contributed by atoms with Gasteiger partial charge in [-0.3, -0.25) is 0 Å². The second-order valence-corrected chi connectivity index (χ2v) is 4.76. The summed E-state index contributed by atoms with van der Waals surface area (Å²) in [6.07, 6.45) is 0. The Hall–Kier alpha value is -1.88. The van der Waals surface area contributed by atoms with Crippen LogP contribution >= 0.6 is 15.9 Å². The Morgan fingerprint density at radius 2 is 1.58 bits per heavy atom. The zero-order valence-corrected chi connectivity index (χ0v) is 11.2. The second kappa shape index (κ2) is 4.66. The van der Waals surface area contributed by atoms with Crippen LogP contribution in [0, 0.1) is 11.6 Å².